The molecule has 0 atom stereocenters. The van der Waals surface area contributed by atoms with E-state index in [-0.39, 0.29) is 5.91 Å². The molecule has 0 spiro atoms. The fraction of sp³-hybridized carbons (Fsp3) is 0.370. The summed E-state index contributed by atoms with van der Waals surface area (Å²) >= 11 is 18.0. The second-order valence-corrected chi connectivity index (χ2v) is 11.8. The lowest BCUT2D eigenvalue weighted by molar-refractivity contribution is -0.131. The third-order valence-electron chi connectivity index (χ3n) is 6.37. The van der Waals surface area contributed by atoms with Crippen LogP contribution in [0.15, 0.2) is 53.0 Å². The van der Waals surface area contributed by atoms with Crippen molar-refractivity contribution in [2.45, 2.75) is 51.5 Å². The van der Waals surface area contributed by atoms with Gasteiger partial charge in [0.1, 0.15) is 0 Å². The van der Waals surface area contributed by atoms with E-state index in [2.05, 4.69) is 34.1 Å². The first kappa shape index (κ1) is 24.8. The van der Waals surface area contributed by atoms with Gasteiger partial charge in [-0.25, -0.2) is 0 Å². The summed E-state index contributed by atoms with van der Waals surface area (Å²) < 4.78 is 1.04. The van der Waals surface area contributed by atoms with E-state index >= 15 is 0 Å². The maximum atomic E-state index is 13.0. The van der Waals surface area contributed by atoms with Gasteiger partial charge in [0.25, 0.3) is 0 Å². The summed E-state index contributed by atoms with van der Waals surface area (Å²) in [6.07, 6.45) is 8.17. The van der Waals surface area contributed by atoms with Gasteiger partial charge in [-0.1, -0.05) is 83.0 Å². The fourth-order valence-corrected chi connectivity index (χ4v) is 6.63. The highest BCUT2D eigenvalue weighted by atomic mass is 79.9. The van der Waals surface area contributed by atoms with E-state index in [4.69, 9.17) is 23.2 Å². The Morgan fingerprint density at radius 1 is 1.00 bits per heavy atom. The van der Waals surface area contributed by atoms with E-state index in [1.165, 1.54) is 38.5 Å². The molecule has 174 valence electrons. The molecule has 3 aromatic rings. The maximum Gasteiger partial charge on any atom is 0.222 e. The molecule has 0 bridgehead atoms. The van der Waals surface area contributed by atoms with Gasteiger partial charge in [0.15, 0.2) is 0 Å². The third kappa shape index (κ3) is 6.42. The van der Waals surface area contributed by atoms with Gasteiger partial charge in [-0.05, 0) is 54.7 Å². The Balaban J connectivity index is 1.59. The first-order valence-corrected chi connectivity index (χ1v) is 13.9. The van der Waals surface area contributed by atoms with Crippen molar-refractivity contribution in [2.24, 2.45) is 5.92 Å². The summed E-state index contributed by atoms with van der Waals surface area (Å²) in [7, 11) is 1.92. The van der Waals surface area contributed by atoms with Crippen LogP contribution in [0.3, 0.4) is 0 Å². The molecule has 1 aromatic heterocycles. The van der Waals surface area contributed by atoms with Gasteiger partial charge in [-0.15, -0.1) is 11.3 Å². The zero-order valence-electron chi connectivity index (χ0n) is 18.8. The summed E-state index contributed by atoms with van der Waals surface area (Å²) in [4.78, 5) is 17.1. The Bertz CT molecular complexity index is 1100. The SMILES string of the molecule is CN(Cc1cc(-c2ccc(Br)cc2)c(-c2ccc(Cl)cc2Cl)s1)C(=O)CC1CCCCCC1. The van der Waals surface area contributed by atoms with Crippen molar-refractivity contribution in [2.75, 3.05) is 7.05 Å². The number of benzene rings is 2. The summed E-state index contributed by atoms with van der Waals surface area (Å²) in [5.74, 6) is 0.777. The third-order valence-corrected chi connectivity index (χ3v) is 8.60. The first-order valence-electron chi connectivity index (χ1n) is 11.5. The Morgan fingerprint density at radius 3 is 2.36 bits per heavy atom. The molecule has 6 heteroatoms. The molecular formula is C27H28BrCl2NOS. The zero-order chi connectivity index (χ0) is 23.4. The monoisotopic (exact) mass is 563 g/mol. The molecule has 0 radical (unpaired) electrons. The van der Waals surface area contributed by atoms with E-state index < -0.39 is 0 Å². The van der Waals surface area contributed by atoms with E-state index in [0.29, 0.717) is 28.9 Å². The van der Waals surface area contributed by atoms with E-state index in [1.54, 1.807) is 17.4 Å². The van der Waals surface area contributed by atoms with Crippen molar-refractivity contribution in [1.82, 2.24) is 4.90 Å². The quantitative estimate of drug-likeness (QED) is 0.273. The van der Waals surface area contributed by atoms with Crippen molar-refractivity contribution >= 4 is 56.4 Å². The molecule has 0 aliphatic heterocycles. The lowest BCUT2D eigenvalue weighted by Crippen LogP contribution is -2.27. The minimum Gasteiger partial charge on any atom is -0.341 e. The number of carbonyl (C=O) groups is 1. The van der Waals surface area contributed by atoms with Crippen LogP contribution >= 0.6 is 50.5 Å². The first-order chi connectivity index (χ1) is 15.9. The topological polar surface area (TPSA) is 20.3 Å². The summed E-state index contributed by atoms with van der Waals surface area (Å²) in [6, 6.07) is 16.1. The molecule has 4 rings (SSSR count). The van der Waals surface area contributed by atoms with Crippen LogP contribution in [0.25, 0.3) is 21.6 Å². The van der Waals surface area contributed by atoms with Gasteiger partial charge in [0.05, 0.1) is 11.6 Å². The molecule has 33 heavy (non-hydrogen) atoms. The highest BCUT2D eigenvalue weighted by Gasteiger charge is 2.21. The van der Waals surface area contributed by atoms with Crippen LogP contribution in [0.5, 0.6) is 0 Å². The molecular weight excluding hydrogens is 537 g/mol. The molecule has 1 amide bonds. The van der Waals surface area contributed by atoms with Crippen molar-refractivity contribution in [1.29, 1.82) is 0 Å². The Labute approximate surface area is 219 Å². The van der Waals surface area contributed by atoms with Crippen LogP contribution in [-0.4, -0.2) is 17.9 Å². The van der Waals surface area contributed by atoms with Crippen LogP contribution < -0.4 is 0 Å². The second kappa shape index (κ2) is 11.4. The molecule has 1 saturated carbocycles. The molecule has 0 saturated heterocycles. The minimum atomic E-state index is 0.242. The lowest BCUT2D eigenvalue weighted by Gasteiger charge is -2.20. The smallest absolute Gasteiger partial charge is 0.222 e. The molecule has 1 fully saturated rings. The zero-order valence-corrected chi connectivity index (χ0v) is 22.7. The van der Waals surface area contributed by atoms with Gasteiger partial charge in [-0.3, -0.25) is 4.79 Å². The fourth-order valence-electron chi connectivity index (χ4n) is 4.53. The molecule has 0 N–H and O–H groups in total. The van der Waals surface area contributed by atoms with Crippen LogP contribution in [0.4, 0.5) is 0 Å². The number of carbonyl (C=O) groups excluding carboxylic acids is 1. The predicted octanol–water partition coefficient (Wildman–Crippen LogP) is 9.47. The van der Waals surface area contributed by atoms with Gasteiger partial charge >= 0.3 is 0 Å². The highest BCUT2D eigenvalue weighted by molar-refractivity contribution is 9.10. The average molecular weight is 565 g/mol. The summed E-state index contributed by atoms with van der Waals surface area (Å²) in [6.45, 7) is 0.602. The highest BCUT2D eigenvalue weighted by Crippen LogP contribution is 2.43. The molecule has 2 aromatic carbocycles. The Hall–Kier alpha value is -1.33. The maximum absolute atomic E-state index is 13.0. The standard InChI is InChI=1S/C27H28BrCl2NOS/c1-31(26(32)14-18-6-4-2-3-5-7-18)17-22-16-24(19-8-10-20(28)11-9-19)27(33-22)23-13-12-21(29)15-25(23)30/h8-13,15-16,18H,2-7,14,17H2,1H3. The van der Waals surface area contributed by atoms with E-state index in [1.807, 2.05) is 36.2 Å². The van der Waals surface area contributed by atoms with Gasteiger partial charge in [0.2, 0.25) is 5.91 Å². The normalized spacial score (nSPS) is 14.8. The number of hydrogen-bond donors (Lipinski definition) is 0. The molecule has 2 nitrogen and oxygen atoms in total. The van der Waals surface area contributed by atoms with Gasteiger partial charge in [-0.2, -0.15) is 0 Å². The van der Waals surface area contributed by atoms with Crippen LogP contribution in [0, 0.1) is 5.92 Å². The number of halogens is 3. The largest absolute Gasteiger partial charge is 0.341 e. The Kier molecular flexibility index (Phi) is 8.56. The summed E-state index contributed by atoms with van der Waals surface area (Å²) in [5.41, 5.74) is 3.20. The number of rotatable bonds is 6. The van der Waals surface area contributed by atoms with Crippen LogP contribution in [0.1, 0.15) is 49.8 Å². The molecule has 1 aliphatic carbocycles. The van der Waals surface area contributed by atoms with Crippen LogP contribution in [-0.2, 0) is 11.3 Å². The second-order valence-electron chi connectivity index (χ2n) is 8.90. The molecule has 1 aliphatic rings. The minimum absolute atomic E-state index is 0.242. The van der Waals surface area contributed by atoms with E-state index in [9.17, 15) is 4.79 Å². The van der Waals surface area contributed by atoms with Crippen molar-refractivity contribution in [3.8, 4) is 21.6 Å². The van der Waals surface area contributed by atoms with E-state index in [0.717, 1.165) is 30.9 Å². The van der Waals surface area contributed by atoms with Crippen molar-refractivity contribution in [3.63, 3.8) is 0 Å². The van der Waals surface area contributed by atoms with Crippen molar-refractivity contribution in [3.05, 3.63) is 67.9 Å². The average Bonchev–Trinajstić information content (AvgIpc) is 3.01. The van der Waals surface area contributed by atoms with Crippen molar-refractivity contribution < 1.29 is 4.79 Å². The lowest BCUT2D eigenvalue weighted by atomic mass is 9.96. The van der Waals surface area contributed by atoms with Gasteiger partial charge in [0, 0.05) is 43.8 Å². The number of nitrogens with zero attached hydrogens (tertiary/aromatic N) is 1. The predicted molar refractivity (Wildman–Crippen MR) is 145 cm³/mol. The number of hydrogen-bond acceptors (Lipinski definition) is 2. The Morgan fingerprint density at radius 2 is 1.70 bits per heavy atom. The number of thiophene rings is 1. The molecule has 1 heterocycles. The van der Waals surface area contributed by atoms with Crippen LogP contribution in [0.2, 0.25) is 10.0 Å². The number of amides is 1. The summed E-state index contributed by atoms with van der Waals surface area (Å²) in [5, 5.41) is 1.25. The van der Waals surface area contributed by atoms with Gasteiger partial charge < -0.3 is 4.90 Å². The molecule has 0 unspecified atom stereocenters.